The molecule has 3 nitrogen and oxygen atoms in total. The van der Waals surface area contributed by atoms with E-state index in [1.165, 1.54) is 5.41 Å². The van der Waals surface area contributed by atoms with Crippen molar-refractivity contribution >= 4 is 27.7 Å². The zero-order chi connectivity index (χ0) is 12.9. The van der Waals surface area contributed by atoms with Crippen LogP contribution in [0.25, 0.3) is 6.08 Å². The molecular formula is C12H16ClNO2S. The Hall–Kier alpha value is -0.840. The van der Waals surface area contributed by atoms with Crippen molar-refractivity contribution in [2.75, 3.05) is 0 Å². The zero-order valence-corrected chi connectivity index (χ0v) is 11.4. The number of sulfonamides is 1. The molecule has 0 unspecified atom stereocenters. The van der Waals surface area contributed by atoms with E-state index in [4.69, 9.17) is 11.6 Å². The molecule has 5 heteroatoms. The molecule has 0 saturated carbocycles. The van der Waals surface area contributed by atoms with Gasteiger partial charge in [0.25, 0.3) is 0 Å². The summed E-state index contributed by atoms with van der Waals surface area (Å²) in [5, 5.41) is 1.80. The highest BCUT2D eigenvalue weighted by atomic mass is 35.5. The first-order valence-corrected chi connectivity index (χ1v) is 7.31. The van der Waals surface area contributed by atoms with E-state index in [2.05, 4.69) is 4.72 Å². The van der Waals surface area contributed by atoms with Crippen LogP contribution in [-0.2, 0) is 10.0 Å². The van der Waals surface area contributed by atoms with Gasteiger partial charge >= 0.3 is 0 Å². The second kappa shape index (κ2) is 6.19. The lowest BCUT2D eigenvalue weighted by molar-refractivity contribution is 0.564. The summed E-state index contributed by atoms with van der Waals surface area (Å²) in [6, 6.07) is 6.90. The molecule has 0 aliphatic carbocycles. The Balaban J connectivity index is 2.73. The summed E-state index contributed by atoms with van der Waals surface area (Å²) in [6.45, 7) is 3.75. The molecule has 0 aliphatic heterocycles. The fraction of sp³-hybridized carbons (Fsp3) is 0.333. The molecule has 0 bridgehead atoms. The fourth-order valence-electron chi connectivity index (χ4n) is 1.15. The number of hydrogen-bond donors (Lipinski definition) is 1. The van der Waals surface area contributed by atoms with Crippen molar-refractivity contribution in [2.45, 2.75) is 26.3 Å². The largest absolute Gasteiger partial charge is 0.233 e. The van der Waals surface area contributed by atoms with Crippen LogP contribution in [-0.4, -0.2) is 14.5 Å². The summed E-state index contributed by atoms with van der Waals surface area (Å²) in [5.41, 5.74) is 0.795. The fourth-order valence-corrected chi connectivity index (χ4v) is 2.41. The molecule has 1 N–H and O–H groups in total. The Labute approximate surface area is 108 Å². The minimum Gasteiger partial charge on any atom is -0.209 e. The first-order valence-electron chi connectivity index (χ1n) is 5.39. The van der Waals surface area contributed by atoms with Crippen molar-refractivity contribution < 1.29 is 8.42 Å². The van der Waals surface area contributed by atoms with Crippen molar-refractivity contribution in [1.82, 2.24) is 4.72 Å². The highest BCUT2D eigenvalue weighted by Crippen LogP contribution is 2.11. The smallest absolute Gasteiger partial charge is 0.209 e. The average Bonchev–Trinajstić information content (AvgIpc) is 2.28. The number of benzene rings is 1. The maximum Gasteiger partial charge on any atom is 0.233 e. The van der Waals surface area contributed by atoms with E-state index in [0.717, 1.165) is 12.0 Å². The van der Waals surface area contributed by atoms with E-state index in [1.54, 1.807) is 30.3 Å². The number of nitrogens with one attached hydrogen (secondary N) is 1. The van der Waals surface area contributed by atoms with Crippen molar-refractivity contribution in [3.63, 3.8) is 0 Å². The van der Waals surface area contributed by atoms with Crippen LogP contribution in [0.3, 0.4) is 0 Å². The third-order valence-corrected chi connectivity index (χ3v) is 3.76. The monoisotopic (exact) mass is 273 g/mol. The Morgan fingerprint density at radius 3 is 2.47 bits per heavy atom. The van der Waals surface area contributed by atoms with Crippen molar-refractivity contribution in [1.29, 1.82) is 0 Å². The summed E-state index contributed by atoms with van der Waals surface area (Å²) in [5.74, 6) is 0. The van der Waals surface area contributed by atoms with Gasteiger partial charge in [0, 0.05) is 16.5 Å². The molecular weight excluding hydrogens is 258 g/mol. The summed E-state index contributed by atoms with van der Waals surface area (Å²) >= 11 is 5.73. The van der Waals surface area contributed by atoms with E-state index in [0.29, 0.717) is 5.02 Å². The Bertz CT molecular complexity index is 480. The summed E-state index contributed by atoms with van der Waals surface area (Å²) in [4.78, 5) is 0. The lowest BCUT2D eigenvalue weighted by Gasteiger charge is -2.08. The van der Waals surface area contributed by atoms with Crippen molar-refractivity contribution in [2.24, 2.45) is 0 Å². The number of hydrogen-bond acceptors (Lipinski definition) is 2. The molecule has 94 valence electrons. The maximum atomic E-state index is 11.6. The molecule has 1 atom stereocenters. The van der Waals surface area contributed by atoms with Gasteiger partial charge in [-0.25, -0.2) is 13.1 Å². The molecule has 0 radical (unpaired) electrons. The maximum absolute atomic E-state index is 11.6. The van der Waals surface area contributed by atoms with Crippen LogP contribution in [0.2, 0.25) is 5.02 Å². The second-order valence-corrected chi connectivity index (χ2v) is 5.86. The SMILES string of the molecule is CC[C@H](C)NS(=O)(=O)/C=C/c1ccc(Cl)cc1. The molecule has 0 heterocycles. The lowest BCUT2D eigenvalue weighted by atomic mass is 10.2. The van der Waals surface area contributed by atoms with Crippen LogP contribution in [0.15, 0.2) is 29.7 Å². The van der Waals surface area contributed by atoms with Gasteiger partial charge in [-0.2, -0.15) is 0 Å². The predicted octanol–water partition coefficient (Wildman–Crippen LogP) is 3.03. The first-order chi connectivity index (χ1) is 7.93. The number of rotatable bonds is 5. The highest BCUT2D eigenvalue weighted by Gasteiger charge is 2.08. The zero-order valence-electron chi connectivity index (χ0n) is 9.85. The van der Waals surface area contributed by atoms with Crippen LogP contribution in [0, 0.1) is 0 Å². The Kier molecular flexibility index (Phi) is 5.18. The van der Waals surface area contributed by atoms with Crippen LogP contribution in [0.4, 0.5) is 0 Å². The average molecular weight is 274 g/mol. The second-order valence-electron chi connectivity index (χ2n) is 3.83. The molecule has 1 aromatic rings. The topological polar surface area (TPSA) is 46.2 Å². The van der Waals surface area contributed by atoms with Gasteiger partial charge in [0.2, 0.25) is 10.0 Å². The molecule has 0 fully saturated rings. The highest BCUT2D eigenvalue weighted by molar-refractivity contribution is 7.92. The normalized spacial score (nSPS) is 14.1. The van der Waals surface area contributed by atoms with Crippen LogP contribution in [0.5, 0.6) is 0 Å². The van der Waals surface area contributed by atoms with Gasteiger partial charge in [0.05, 0.1) is 0 Å². The number of halogens is 1. The van der Waals surface area contributed by atoms with Gasteiger partial charge in [-0.15, -0.1) is 0 Å². The van der Waals surface area contributed by atoms with E-state index in [-0.39, 0.29) is 6.04 Å². The van der Waals surface area contributed by atoms with Crippen LogP contribution < -0.4 is 4.72 Å². The summed E-state index contributed by atoms with van der Waals surface area (Å²) in [6.07, 6.45) is 2.30. The van der Waals surface area contributed by atoms with E-state index in [1.807, 2.05) is 13.8 Å². The van der Waals surface area contributed by atoms with E-state index in [9.17, 15) is 8.42 Å². The molecule has 0 spiro atoms. The minimum atomic E-state index is -3.36. The standard InChI is InChI=1S/C12H16ClNO2S/c1-3-10(2)14-17(15,16)9-8-11-4-6-12(13)7-5-11/h4-10,14H,3H2,1-2H3/b9-8+/t10-/m0/s1. The molecule has 0 saturated heterocycles. The van der Waals surface area contributed by atoms with Crippen LogP contribution in [0.1, 0.15) is 25.8 Å². The molecule has 1 aromatic carbocycles. The Morgan fingerprint density at radius 1 is 1.35 bits per heavy atom. The summed E-state index contributed by atoms with van der Waals surface area (Å²) < 4.78 is 25.8. The van der Waals surface area contributed by atoms with Gasteiger partial charge in [0.15, 0.2) is 0 Å². The third-order valence-electron chi connectivity index (χ3n) is 2.29. The van der Waals surface area contributed by atoms with Crippen molar-refractivity contribution in [3.8, 4) is 0 Å². The summed E-state index contributed by atoms with van der Waals surface area (Å²) in [7, 11) is -3.36. The minimum absolute atomic E-state index is 0.0603. The molecule has 0 aromatic heterocycles. The Morgan fingerprint density at radius 2 is 1.94 bits per heavy atom. The van der Waals surface area contributed by atoms with E-state index < -0.39 is 10.0 Å². The molecule has 0 aliphatic rings. The van der Waals surface area contributed by atoms with Gasteiger partial charge < -0.3 is 0 Å². The van der Waals surface area contributed by atoms with Gasteiger partial charge in [-0.3, -0.25) is 0 Å². The molecule has 17 heavy (non-hydrogen) atoms. The predicted molar refractivity (Wildman–Crippen MR) is 72.3 cm³/mol. The van der Waals surface area contributed by atoms with Crippen LogP contribution >= 0.6 is 11.6 Å². The van der Waals surface area contributed by atoms with E-state index >= 15 is 0 Å². The van der Waals surface area contributed by atoms with Gasteiger partial charge in [0.1, 0.15) is 0 Å². The van der Waals surface area contributed by atoms with Crippen molar-refractivity contribution in [3.05, 3.63) is 40.3 Å². The first kappa shape index (κ1) is 14.2. The van der Waals surface area contributed by atoms with Gasteiger partial charge in [-0.1, -0.05) is 30.7 Å². The lowest BCUT2D eigenvalue weighted by Crippen LogP contribution is -2.30. The third kappa shape index (κ3) is 5.35. The molecule has 1 rings (SSSR count). The molecule has 0 amide bonds. The quantitative estimate of drug-likeness (QED) is 0.896. The van der Waals surface area contributed by atoms with Gasteiger partial charge in [-0.05, 0) is 37.1 Å².